The van der Waals surface area contributed by atoms with Crippen LogP contribution < -0.4 is 4.74 Å². The first-order valence-corrected chi connectivity index (χ1v) is 7.95. The first-order valence-electron chi connectivity index (χ1n) is 6.83. The topological polar surface area (TPSA) is 118 Å². The van der Waals surface area contributed by atoms with E-state index in [1.54, 1.807) is 22.7 Å². The Balaban J connectivity index is 2.17. The van der Waals surface area contributed by atoms with Gasteiger partial charge in [0.15, 0.2) is 5.69 Å². The minimum absolute atomic E-state index is 0.242. The maximum Gasteiger partial charge on any atom is 0.311 e. The fourth-order valence-corrected chi connectivity index (χ4v) is 2.61. The van der Waals surface area contributed by atoms with Crippen molar-refractivity contribution in [2.45, 2.75) is 19.3 Å². The van der Waals surface area contributed by atoms with E-state index in [0.717, 1.165) is 0 Å². The number of ether oxygens (including phenoxy) is 1. The van der Waals surface area contributed by atoms with Crippen LogP contribution in [-0.4, -0.2) is 46.6 Å². The summed E-state index contributed by atoms with van der Waals surface area (Å²) in [4.78, 5) is 15.8. The molecule has 3 heterocycles. The number of nitrogens with one attached hydrogen (secondary N) is 1. The molecule has 9 nitrogen and oxygen atoms in total. The Hall–Kier alpha value is -2.49. The SMILES string of the molecule is CCC(C(=O)O)c1ccc2nc(-c3nn[nH]n3)c(OCBr)n2c1. The van der Waals surface area contributed by atoms with Gasteiger partial charge in [-0.1, -0.05) is 13.0 Å². The third kappa shape index (κ3) is 2.77. The van der Waals surface area contributed by atoms with E-state index in [4.69, 9.17) is 4.74 Å². The lowest BCUT2D eigenvalue weighted by Crippen LogP contribution is -2.11. The number of aromatic amines is 1. The molecular weight excluding hydrogens is 368 g/mol. The molecule has 10 heteroatoms. The molecule has 0 bridgehead atoms. The molecule has 0 fully saturated rings. The molecule has 3 aromatic heterocycles. The summed E-state index contributed by atoms with van der Waals surface area (Å²) in [5.74, 6) is -0.739. The number of tetrazole rings is 1. The Morgan fingerprint density at radius 3 is 2.96 bits per heavy atom. The normalized spacial score (nSPS) is 12.4. The van der Waals surface area contributed by atoms with Gasteiger partial charge in [-0.25, -0.2) is 4.98 Å². The number of hydrogen-bond donors (Lipinski definition) is 2. The predicted octanol–water partition coefficient (Wildman–Crippen LogP) is 1.82. The number of halogens is 1. The number of aliphatic carboxylic acids is 1. The average molecular weight is 381 g/mol. The quantitative estimate of drug-likeness (QED) is 0.626. The minimum Gasteiger partial charge on any atom is -0.481 e. The highest BCUT2D eigenvalue weighted by atomic mass is 79.9. The summed E-state index contributed by atoms with van der Waals surface area (Å²) in [6.45, 7) is 1.83. The Kier molecular flexibility index (Phi) is 4.24. The average Bonchev–Trinajstić information content (AvgIpc) is 3.16. The number of H-pyrrole nitrogens is 1. The van der Waals surface area contributed by atoms with Gasteiger partial charge in [-0.2, -0.15) is 5.21 Å². The van der Waals surface area contributed by atoms with Crippen molar-refractivity contribution in [1.29, 1.82) is 0 Å². The van der Waals surface area contributed by atoms with Crippen molar-refractivity contribution in [3.63, 3.8) is 0 Å². The Morgan fingerprint density at radius 1 is 1.52 bits per heavy atom. The zero-order valence-corrected chi connectivity index (χ0v) is 13.7. The van der Waals surface area contributed by atoms with E-state index in [-0.39, 0.29) is 5.52 Å². The summed E-state index contributed by atoms with van der Waals surface area (Å²) < 4.78 is 7.28. The lowest BCUT2D eigenvalue weighted by Gasteiger charge is -2.11. The monoisotopic (exact) mass is 380 g/mol. The van der Waals surface area contributed by atoms with Crippen molar-refractivity contribution in [3.05, 3.63) is 23.9 Å². The number of nitrogens with zero attached hydrogens (tertiary/aromatic N) is 5. The molecular formula is C13H13BrN6O3. The van der Waals surface area contributed by atoms with Gasteiger partial charge < -0.3 is 9.84 Å². The first-order chi connectivity index (χ1) is 11.2. The van der Waals surface area contributed by atoms with Crippen molar-refractivity contribution >= 4 is 27.5 Å². The van der Waals surface area contributed by atoms with Crippen molar-refractivity contribution in [1.82, 2.24) is 30.0 Å². The number of carboxylic acids is 1. The number of rotatable bonds is 6. The second-order valence-corrected chi connectivity index (χ2v) is 5.20. The predicted molar refractivity (Wildman–Crippen MR) is 83.5 cm³/mol. The molecule has 1 unspecified atom stereocenters. The molecule has 3 rings (SSSR count). The Morgan fingerprint density at radius 2 is 2.35 bits per heavy atom. The number of hydrogen-bond acceptors (Lipinski definition) is 6. The molecule has 23 heavy (non-hydrogen) atoms. The molecule has 0 aliphatic carbocycles. The lowest BCUT2D eigenvalue weighted by molar-refractivity contribution is -0.138. The maximum atomic E-state index is 11.4. The van der Waals surface area contributed by atoms with Crippen molar-refractivity contribution < 1.29 is 14.6 Å². The van der Waals surface area contributed by atoms with E-state index in [2.05, 4.69) is 41.5 Å². The fourth-order valence-electron chi connectivity index (χ4n) is 2.40. The third-order valence-electron chi connectivity index (χ3n) is 3.45. The largest absolute Gasteiger partial charge is 0.481 e. The fraction of sp³-hybridized carbons (Fsp3) is 0.308. The van der Waals surface area contributed by atoms with Gasteiger partial charge >= 0.3 is 5.97 Å². The van der Waals surface area contributed by atoms with Crippen LogP contribution in [0.5, 0.6) is 5.88 Å². The van der Waals surface area contributed by atoms with E-state index < -0.39 is 11.9 Å². The molecule has 120 valence electrons. The lowest BCUT2D eigenvalue weighted by atomic mass is 9.98. The molecule has 0 amide bonds. The van der Waals surface area contributed by atoms with E-state index >= 15 is 0 Å². The third-order valence-corrected chi connectivity index (χ3v) is 3.68. The number of alkyl halides is 1. The van der Waals surface area contributed by atoms with Gasteiger partial charge in [0.2, 0.25) is 11.7 Å². The van der Waals surface area contributed by atoms with Gasteiger partial charge in [-0.15, -0.1) is 10.2 Å². The Bertz CT molecular complexity index is 832. The number of imidazole rings is 1. The number of carboxylic acid groups (broad SMARTS) is 1. The molecule has 3 aromatic rings. The summed E-state index contributed by atoms with van der Waals surface area (Å²) in [6.07, 6.45) is 2.20. The van der Waals surface area contributed by atoms with Crippen LogP contribution in [0.3, 0.4) is 0 Å². The summed E-state index contributed by atoms with van der Waals surface area (Å²) in [5, 5.41) is 23.1. The molecule has 2 N–H and O–H groups in total. The summed E-state index contributed by atoms with van der Waals surface area (Å²) in [6, 6.07) is 3.49. The zero-order chi connectivity index (χ0) is 16.4. The second-order valence-electron chi connectivity index (χ2n) is 4.74. The van der Waals surface area contributed by atoms with Crippen LogP contribution in [0.2, 0.25) is 0 Å². The maximum absolute atomic E-state index is 11.4. The molecule has 0 aromatic carbocycles. The molecule has 0 radical (unpaired) electrons. The van der Waals surface area contributed by atoms with Crippen LogP contribution >= 0.6 is 15.9 Å². The zero-order valence-electron chi connectivity index (χ0n) is 12.1. The molecule has 0 saturated carbocycles. The highest BCUT2D eigenvalue weighted by Gasteiger charge is 2.22. The minimum atomic E-state index is -0.867. The van der Waals surface area contributed by atoms with Gasteiger partial charge in [-0.05, 0) is 39.2 Å². The van der Waals surface area contributed by atoms with Crippen LogP contribution in [0.4, 0.5) is 0 Å². The number of fused-ring (bicyclic) bond motifs is 1. The van der Waals surface area contributed by atoms with Gasteiger partial charge in [-0.3, -0.25) is 9.20 Å². The molecule has 0 spiro atoms. The van der Waals surface area contributed by atoms with Crippen LogP contribution in [0.1, 0.15) is 24.8 Å². The van der Waals surface area contributed by atoms with Gasteiger partial charge in [0.25, 0.3) is 0 Å². The van der Waals surface area contributed by atoms with Crippen molar-refractivity contribution in [3.8, 4) is 17.4 Å². The summed E-state index contributed by atoms with van der Waals surface area (Å²) >= 11 is 3.22. The molecule has 0 aliphatic heterocycles. The van der Waals surface area contributed by atoms with Crippen molar-refractivity contribution in [2.75, 3.05) is 5.52 Å². The van der Waals surface area contributed by atoms with Gasteiger partial charge in [0, 0.05) is 6.20 Å². The standard InChI is InChI=1S/C13H13BrN6O3/c1-2-8(13(21)22)7-3-4-9-15-10(11-16-18-19-17-11)12(23-6-14)20(9)5-7/h3-5,8H,2,6H2,1H3,(H,21,22)(H,16,17,18,19). The number of pyridine rings is 1. The highest BCUT2D eigenvalue weighted by Crippen LogP contribution is 2.30. The van der Waals surface area contributed by atoms with Crippen LogP contribution in [-0.2, 0) is 4.79 Å². The first kappa shape index (κ1) is 15.4. The van der Waals surface area contributed by atoms with Gasteiger partial charge in [0.05, 0.1) is 5.92 Å². The van der Waals surface area contributed by atoms with Crippen LogP contribution in [0.25, 0.3) is 17.2 Å². The van der Waals surface area contributed by atoms with E-state index in [1.807, 2.05) is 6.92 Å². The van der Waals surface area contributed by atoms with E-state index in [9.17, 15) is 9.90 Å². The second kappa shape index (κ2) is 6.32. The van der Waals surface area contributed by atoms with E-state index in [1.165, 1.54) is 0 Å². The highest BCUT2D eigenvalue weighted by molar-refractivity contribution is 9.09. The summed E-state index contributed by atoms with van der Waals surface area (Å²) in [5.41, 5.74) is 1.94. The van der Waals surface area contributed by atoms with Crippen LogP contribution in [0.15, 0.2) is 18.3 Å². The van der Waals surface area contributed by atoms with Gasteiger partial charge in [0.1, 0.15) is 11.2 Å². The number of carbonyl (C=O) groups is 1. The van der Waals surface area contributed by atoms with Crippen molar-refractivity contribution in [2.24, 2.45) is 0 Å². The number of aromatic nitrogens is 6. The van der Waals surface area contributed by atoms with Crippen LogP contribution in [0, 0.1) is 0 Å². The Labute approximate surface area is 138 Å². The smallest absolute Gasteiger partial charge is 0.311 e. The molecule has 1 atom stereocenters. The summed E-state index contributed by atoms with van der Waals surface area (Å²) in [7, 11) is 0. The van der Waals surface area contributed by atoms with E-state index in [0.29, 0.717) is 35.0 Å². The molecule has 0 saturated heterocycles. The molecule has 0 aliphatic rings.